The Balaban J connectivity index is 1.83. The molecule has 1 fully saturated rings. The first-order valence-electron chi connectivity index (χ1n) is 6.32. The Hall–Kier alpha value is -2.21. The van der Waals surface area contributed by atoms with Gasteiger partial charge in [-0.2, -0.15) is 0 Å². The minimum atomic E-state index is 0.0452. The molecule has 1 atom stereocenters. The number of anilines is 1. The van der Waals surface area contributed by atoms with E-state index in [1.807, 2.05) is 24.3 Å². The average molecular weight is 257 g/mol. The van der Waals surface area contributed by atoms with E-state index >= 15 is 0 Å². The molecule has 0 saturated carbocycles. The number of carbonyl (C=O) groups is 1. The Morgan fingerprint density at radius 3 is 3.05 bits per heavy atom. The third kappa shape index (κ3) is 2.48. The van der Waals surface area contributed by atoms with Crippen molar-refractivity contribution in [2.45, 2.75) is 6.42 Å². The zero-order valence-electron chi connectivity index (χ0n) is 10.4. The summed E-state index contributed by atoms with van der Waals surface area (Å²) in [5.41, 5.74) is 1.57. The number of benzene rings is 1. The van der Waals surface area contributed by atoms with Crippen molar-refractivity contribution in [2.24, 2.45) is 5.92 Å². The molecule has 0 aliphatic carbocycles. The first kappa shape index (κ1) is 11.9. The van der Waals surface area contributed by atoms with Gasteiger partial charge in [-0.25, -0.2) is 4.68 Å². The van der Waals surface area contributed by atoms with E-state index in [0.717, 1.165) is 30.9 Å². The lowest BCUT2D eigenvalue weighted by Crippen LogP contribution is -2.25. The van der Waals surface area contributed by atoms with Crippen molar-refractivity contribution in [3.8, 4) is 5.69 Å². The maximum Gasteiger partial charge on any atom is 0.228 e. The minimum absolute atomic E-state index is 0.0452. The van der Waals surface area contributed by atoms with E-state index in [-0.39, 0.29) is 11.8 Å². The molecular weight excluding hydrogens is 242 g/mol. The van der Waals surface area contributed by atoms with Gasteiger partial charge >= 0.3 is 0 Å². The van der Waals surface area contributed by atoms with E-state index in [0.29, 0.717) is 0 Å². The van der Waals surface area contributed by atoms with Crippen LogP contribution in [0.15, 0.2) is 36.7 Å². The normalized spacial score (nSPS) is 18.4. The predicted molar refractivity (Wildman–Crippen MR) is 71.0 cm³/mol. The van der Waals surface area contributed by atoms with Crippen LogP contribution in [0.5, 0.6) is 0 Å². The van der Waals surface area contributed by atoms with Gasteiger partial charge in [0.1, 0.15) is 0 Å². The Morgan fingerprint density at radius 1 is 1.42 bits per heavy atom. The molecule has 2 N–H and O–H groups in total. The molecule has 6 nitrogen and oxygen atoms in total. The molecule has 1 amide bonds. The topological polar surface area (TPSA) is 71.8 Å². The van der Waals surface area contributed by atoms with Gasteiger partial charge in [0, 0.05) is 6.54 Å². The fourth-order valence-corrected chi connectivity index (χ4v) is 2.23. The number of amides is 1. The van der Waals surface area contributed by atoms with Crippen LogP contribution in [0.3, 0.4) is 0 Å². The molecule has 1 aliphatic heterocycles. The molecular formula is C13H15N5O. The molecule has 1 aromatic carbocycles. The number of hydrogen-bond donors (Lipinski definition) is 2. The predicted octanol–water partition coefficient (Wildman–Crippen LogP) is 0.815. The van der Waals surface area contributed by atoms with Gasteiger partial charge in [0.05, 0.1) is 29.7 Å². The summed E-state index contributed by atoms with van der Waals surface area (Å²) < 4.78 is 1.64. The smallest absolute Gasteiger partial charge is 0.228 e. The van der Waals surface area contributed by atoms with Gasteiger partial charge in [0.25, 0.3) is 0 Å². The third-order valence-corrected chi connectivity index (χ3v) is 3.26. The van der Waals surface area contributed by atoms with Gasteiger partial charge < -0.3 is 10.6 Å². The van der Waals surface area contributed by atoms with E-state index in [2.05, 4.69) is 20.9 Å². The Morgan fingerprint density at radius 2 is 2.32 bits per heavy atom. The number of carbonyl (C=O) groups excluding carboxylic acids is 1. The summed E-state index contributed by atoms with van der Waals surface area (Å²) in [6.45, 7) is 1.65. The van der Waals surface area contributed by atoms with E-state index in [1.165, 1.54) is 0 Å². The molecule has 2 heterocycles. The molecule has 98 valence electrons. The van der Waals surface area contributed by atoms with Crippen molar-refractivity contribution in [2.75, 3.05) is 18.4 Å². The third-order valence-electron chi connectivity index (χ3n) is 3.26. The maximum absolute atomic E-state index is 12.1. The highest BCUT2D eigenvalue weighted by Gasteiger charge is 2.23. The summed E-state index contributed by atoms with van der Waals surface area (Å²) in [6.07, 6.45) is 4.25. The standard InChI is InChI=1S/C13H15N5O/c19-13(10-5-6-14-9-10)16-11-3-1-2-4-12(11)18-8-7-15-17-18/h1-4,7-8,10,14H,5-6,9H2,(H,16,19). The number of para-hydroxylation sites is 2. The zero-order chi connectivity index (χ0) is 13.1. The molecule has 0 radical (unpaired) electrons. The highest BCUT2D eigenvalue weighted by Crippen LogP contribution is 2.20. The van der Waals surface area contributed by atoms with Crippen molar-refractivity contribution in [1.29, 1.82) is 0 Å². The largest absolute Gasteiger partial charge is 0.324 e. The van der Waals surface area contributed by atoms with Crippen molar-refractivity contribution in [3.05, 3.63) is 36.7 Å². The van der Waals surface area contributed by atoms with E-state index in [4.69, 9.17) is 0 Å². The van der Waals surface area contributed by atoms with Crippen LogP contribution in [0.4, 0.5) is 5.69 Å². The summed E-state index contributed by atoms with van der Waals surface area (Å²) in [5.74, 6) is 0.0985. The molecule has 1 saturated heterocycles. The van der Waals surface area contributed by atoms with Gasteiger partial charge in [0.15, 0.2) is 0 Å². The minimum Gasteiger partial charge on any atom is -0.324 e. The number of nitrogens with one attached hydrogen (secondary N) is 2. The van der Waals surface area contributed by atoms with Gasteiger partial charge in [0.2, 0.25) is 5.91 Å². The van der Waals surface area contributed by atoms with Crippen LogP contribution in [0.1, 0.15) is 6.42 Å². The summed E-state index contributed by atoms with van der Waals surface area (Å²) in [5, 5.41) is 13.9. The summed E-state index contributed by atoms with van der Waals surface area (Å²) >= 11 is 0. The van der Waals surface area contributed by atoms with Gasteiger partial charge in [-0.3, -0.25) is 4.79 Å². The van der Waals surface area contributed by atoms with Gasteiger partial charge in [-0.15, -0.1) is 5.10 Å². The number of nitrogens with zero attached hydrogens (tertiary/aromatic N) is 3. The van der Waals surface area contributed by atoms with Crippen LogP contribution in [0.25, 0.3) is 5.69 Å². The van der Waals surface area contributed by atoms with Crippen LogP contribution >= 0.6 is 0 Å². The van der Waals surface area contributed by atoms with Crippen LogP contribution in [0.2, 0.25) is 0 Å². The van der Waals surface area contributed by atoms with E-state index < -0.39 is 0 Å². The fourth-order valence-electron chi connectivity index (χ4n) is 2.23. The molecule has 6 heteroatoms. The quantitative estimate of drug-likeness (QED) is 0.853. The lowest BCUT2D eigenvalue weighted by molar-refractivity contribution is -0.119. The second kappa shape index (κ2) is 5.19. The van der Waals surface area contributed by atoms with Crippen molar-refractivity contribution in [3.63, 3.8) is 0 Å². The maximum atomic E-state index is 12.1. The monoisotopic (exact) mass is 257 g/mol. The highest BCUT2D eigenvalue weighted by molar-refractivity contribution is 5.94. The molecule has 0 spiro atoms. The summed E-state index contributed by atoms with van der Waals surface area (Å²) in [7, 11) is 0. The molecule has 0 bridgehead atoms. The fraction of sp³-hybridized carbons (Fsp3) is 0.308. The van der Waals surface area contributed by atoms with E-state index in [1.54, 1.807) is 17.1 Å². The number of aromatic nitrogens is 3. The molecule has 2 aromatic rings. The van der Waals surface area contributed by atoms with Gasteiger partial charge in [-0.1, -0.05) is 17.3 Å². The second-order valence-corrected chi connectivity index (χ2v) is 4.54. The Kier molecular flexibility index (Phi) is 3.24. The van der Waals surface area contributed by atoms with Crippen molar-refractivity contribution < 1.29 is 4.79 Å². The molecule has 1 unspecified atom stereocenters. The number of rotatable bonds is 3. The van der Waals surface area contributed by atoms with Gasteiger partial charge in [-0.05, 0) is 25.1 Å². The van der Waals surface area contributed by atoms with Crippen LogP contribution in [0, 0.1) is 5.92 Å². The van der Waals surface area contributed by atoms with Crippen molar-refractivity contribution in [1.82, 2.24) is 20.3 Å². The first-order chi connectivity index (χ1) is 9.34. The lowest BCUT2D eigenvalue weighted by Gasteiger charge is -2.13. The van der Waals surface area contributed by atoms with Crippen LogP contribution in [-0.2, 0) is 4.79 Å². The molecule has 3 rings (SSSR count). The molecule has 19 heavy (non-hydrogen) atoms. The van der Waals surface area contributed by atoms with Crippen molar-refractivity contribution >= 4 is 11.6 Å². The summed E-state index contributed by atoms with van der Waals surface area (Å²) in [4.78, 5) is 12.1. The number of hydrogen-bond acceptors (Lipinski definition) is 4. The lowest BCUT2D eigenvalue weighted by atomic mass is 10.1. The van der Waals surface area contributed by atoms with Crippen LogP contribution < -0.4 is 10.6 Å². The Bertz CT molecular complexity index is 560. The molecule has 1 aromatic heterocycles. The first-order valence-corrected chi connectivity index (χ1v) is 6.32. The Labute approximate surface area is 110 Å². The second-order valence-electron chi connectivity index (χ2n) is 4.54. The average Bonchev–Trinajstić information content (AvgIpc) is 3.13. The van der Waals surface area contributed by atoms with Crippen LogP contribution in [-0.4, -0.2) is 34.0 Å². The highest BCUT2D eigenvalue weighted by atomic mass is 16.1. The SMILES string of the molecule is O=C(Nc1ccccc1-n1ccnn1)C1CCNC1. The zero-order valence-corrected chi connectivity index (χ0v) is 10.4. The molecule has 1 aliphatic rings. The summed E-state index contributed by atoms with van der Waals surface area (Å²) in [6, 6.07) is 7.57. The van der Waals surface area contributed by atoms with E-state index in [9.17, 15) is 4.79 Å².